The van der Waals surface area contributed by atoms with Crippen LogP contribution in [0.15, 0.2) is 60.7 Å². The van der Waals surface area contributed by atoms with E-state index in [1.165, 1.54) is 6.92 Å². The molecule has 0 radical (unpaired) electrons. The van der Waals surface area contributed by atoms with Crippen LogP contribution >= 0.6 is 0 Å². The van der Waals surface area contributed by atoms with Crippen LogP contribution < -0.4 is 5.32 Å². The average Bonchev–Trinajstić information content (AvgIpc) is 2.55. The number of esters is 1. The van der Waals surface area contributed by atoms with Crippen molar-refractivity contribution in [3.8, 4) is 0 Å². The topological polar surface area (TPSA) is 55.4 Å². The van der Waals surface area contributed by atoms with Gasteiger partial charge in [0.25, 0.3) is 0 Å². The lowest BCUT2D eigenvalue weighted by Gasteiger charge is -2.20. The van der Waals surface area contributed by atoms with Crippen molar-refractivity contribution in [1.82, 2.24) is 5.32 Å². The number of rotatable bonds is 6. The summed E-state index contributed by atoms with van der Waals surface area (Å²) in [5.74, 6) is -0.685. The molecule has 0 unspecified atom stereocenters. The summed E-state index contributed by atoms with van der Waals surface area (Å²) in [4.78, 5) is 23.8. The third kappa shape index (κ3) is 5.25. The van der Waals surface area contributed by atoms with Gasteiger partial charge in [-0.15, -0.1) is 0 Å². The van der Waals surface area contributed by atoms with E-state index in [2.05, 4.69) is 5.32 Å². The van der Waals surface area contributed by atoms with Gasteiger partial charge in [-0.25, -0.2) is 4.79 Å². The van der Waals surface area contributed by atoms with Gasteiger partial charge in [-0.05, 0) is 18.1 Å². The molecule has 0 fully saturated rings. The van der Waals surface area contributed by atoms with Gasteiger partial charge in [0.05, 0.1) is 0 Å². The number of ether oxygens (including phenoxy) is 1. The zero-order chi connectivity index (χ0) is 16.7. The SMILES string of the molecule is CC(=O)N[C@@H](Cc1ccccc1)C(=O)O[C@@H](C)c1ccccc1. The van der Waals surface area contributed by atoms with E-state index in [1.54, 1.807) is 0 Å². The highest BCUT2D eigenvalue weighted by atomic mass is 16.5. The second kappa shape index (κ2) is 8.13. The monoisotopic (exact) mass is 311 g/mol. The van der Waals surface area contributed by atoms with Gasteiger partial charge >= 0.3 is 5.97 Å². The molecule has 120 valence electrons. The molecule has 0 aromatic heterocycles. The molecular weight excluding hydrogens is 290 g/mol. The summed E-state index contributed by atoms with van der Waals surface area (Å²) in [7, 11) is 0. The molecule has 0 saturated carbocycles. The molecule has 0 aliphatic heterocycles. The van der Waals surface area contributed by atoms with E-state index < -0.39 is 12.0 Å². The highest BCUT2D eigenvalue weighted by Crippen LogP contribution is 2.17. The highest BCUT2D eigenvalue weighted by Gasteiger charge is 2.23. The van der Waals surface area contributed by atoms with Gasteiger partial charge in [0, 0.05) is 13.3 Å². The van der Waals surface area contributed by atoms with Crippen molar-refractivity contribution in [1.29, 1.82) is 0 Å². The van der Waals surface area contributed by atoms with Crippen molar-refractivity contribution in [2.24, 2.45) is 0 Å². The van der Waals surface area contributed by atoms with Crippen LogP contribution in [0.5, 0.6) is 0 Å². The van der Waals surface area contributed by atoms with E-state index >= 15 is 0 Å². The van der Waals surface area contributed by atoms with Crippen molar-refractivity contribution < 1.29 is 14.3 Å². The summed E-state index contributed by atoms with van der Waals surface area (Å²) in [5, 5.41) is 2.67. The van der Waals surface area contributed by atoms with E-state index in [1.807, 2.05) is 67.6 Å². The normalized spacial score (nSPS) is 13.0. The number of carbonyl (C=O) groups excluding carboxylic acids is 2. The van der Waals surface area contributed by atoms with Gasteiger partial charge in [0.15, 0.2) is 0 Å². The first kappa shape index (κ1) is 16.7. The summed E-state index contributed by atoms with van der Waals surface area (Å²) in [6.07, 6.45) is 0.0385. The lowest BCUT2D eigenvalue weighted by molar-refractivity contribution is -0.152. The zero-order valence-corrected chi connectivity index (χ0v) is 13.4. The largest absolute Gasteiger partial charge is 0.456 e. The first-order valence-corrected chi connectivity index (χ1v) is 7.62. The summed E-state index contributed by atoms with van der Waals surface area (Å²) < 4.78 is 5.52. The third-order valence-corrected chi connectivity index (χ3v) is 3.51. The van der Waals surface area contributed by atoms with E-state index in [4.69, 9.17) is 4.74 Å². The van der Waals surface area contributed by atoms with Crippen molar-refractivity contribution in [3.05, 3.63) is 71.8 Å². The van der Waals surface area contributed by atoms with Crippen LogP contribution in [0.1, 0.15) is 31.1 Å². The van der Waals surface area contributed by atoms with E-state index in [-0.39, 0.29) is 12.0 Å². The maximum atomic E-state index is 12.4. The Hall–Kier alpha value is -2.62. The molecule has 0 spiro atoms. The van der Waals surface area contributed by atoms with E-state index in [0.717, 1.165) is 11.1 Å². The second-order valence-electron chi connectivity index (χ2n) is 5.43. The molecule has 2 aromatic carbocycles. The molecule has 0 aliphatic rings. The second-order valence-corrected chi connectivity index (χ2v) is 5.43. The molecular formula is C19H21NO3. The number of amides is 1. The molecule has 23 heavy (non-hydrogen) atoms. The predicted octanol–water partition coefficient (Wildman–Crippen LogP) is 3.04. The maximum Gasteiger partial charge on any atom is 0.329 e. The Morgan fingerprint density at radius 1 is 1.00 bits per heavy atom. The van der Waals surface area contributed by atoms with Crippen LogP contribution in [0.2, 0.25) is 0 Å². The standard InChI is InChI=1S/C19H21NO3/c1-14(17-11-7-4-8-12-17)23-19(22)18(20-15(2)21)13-16-9-5-3-6-10-16/h3-12,14,18H,13H2,1-2H3,(H,20,21)/t14-,18-/m0/s1. The third-order valence-electron chi connectivity index (χ3n) is 3.51. The number of hydrogen-bond donors (Lipinski definition) is 1. The number of benzene rings is 2. The van der Waals surface area contributed by atoms with Crippen molar-refractivity contribution in [2.75, 3.05) is 0 Å². The van der Waals surface area contributed by atoms with Crippen molar-refractivity contribution in [3.63, 3.8) is 0 Å². The summed E-state index contributed by atoms with van der Waals surface area (Å²) in [6.45, 7) is 3.21. The quantitative estimate of drug-likeness (QED) is 0.834. The van der Waals surface area contributed by atoms with Gasteiger partial charge in [0.2, 0.25) is 5.91 Å². The maximum absolute atomic E-state index is 12.4. The van der Waals surface area contributed by atoms with Crippen LogP contribution in [-0.2, 0) is 20.7 Å². The Bertz CT molecular complexity index is 640. The Morgan fingerprint density at radius 3 is 2.13 bits per heavy atom. The molecule has 2 aromatic rings. The molecule has 1 amide bonds. The van der Waals surface area contributed by atoms with Crippen LogP contribution in [0.25, 0.3) is 0 Å². The van der Waals surface area contributed by atoms with Crippen LogP contribution in [0, 0.1) is 0 Å². The summed E-state index contributed by atoms with van der Waals surface area (Å²) in [6, 6.07) is 18.4. The first-order valence-electron chi connectivity index (χ1n) is 7.62. The van der Waals surface area contributed by atoms with Gasteiger partial charge in [0.1, 0.15) is 12.1 Å². The summed E-state index contributed by atoms with van der Waals surface area (Å²) >= 11 is 0. The Morgan fingerprint density at radius 2 is 1.57 bits per heavy atom. The fraction of sp³-hybridized carbons (Fsp3) is 0.263. The Balaban J connectivity index is 2.05. The molecule has 2 rings (SSSR count). The van der Waals surface area contributed by atoms with E-state index in [0.29, 0.717) is 6.42 Å². The molecule has 2 atom stereocenters. The van der Waals surface area contributed by atoms with Gasteiger partial charge in [-0.3, -0.25) is 4.79 Å². The smallest absolute Gasteiger partial charge is 0.329 e. The van der Waals surface area contributed by atoms with Crippen LogP contribution in [-0.4, -0.2) is 17.9 Å². The molecule has 0 bridgehead atoms. The van der Waals surface area contributed by atoms with Gasteiger partial charge < -0.3 is 10.1 Å². The highest BCUT2D eigenvalue weighted by molar-refractivity contribution is 5.83. The van der Waals surface area contributed by atoms with Gasteiger partial charge in [-0.1, -0.05) is 60.7 Å². The number of nitrogens with one attached hydrogen (secondary N) is 1. The van der Waals surface area contributed by atoms with Gasteiger partial charge in [-0.2, -0.15) is 0 Å². The Labute approximate surface area is 136 Å². The molecule has 0 heterocycles. The lowest BCUT2D eigenvalue weighted by atomic mass is 10.1. The number of carbonyl (C=O) groups is 2. The summed E-state index contributed by atoms with van der Waals surface area (Å²) in [5.41, 5.74) is 1.89. The molecule has 0 aliphatic carbocycles. The minimum Gasteiger partial charge on any atom is -0.456 e. The zero-order valence-electron chi connectivity index (χ0n) is 13.4. The number of hydrogen-bond acceptors (Lipinski definition) is 3. The van der Waals surface area contributed by atoms with Crippen LogP contribution in [0.4, 0.5) is 0 Å². The fourth-order valence-corrected chi connectivity index (χ4v) is 2.34. The molecule has 4 heteroatoms. The first-order chi connectivity index (χ1) is 11.1. The van der Waals surface area contributed by atoms with Crippen molar-refractivity contribution >= 4 is 11.9 Å². The van der Waals surface area contributed by atoms with Crippen molar-refractivity contribution in [2.45, 2.75) is 32.4 Å². The predicted molar refractivity (Wildman–Crippen MR) is 88.7 cm³/mol. The van der Waals surface area contributed by atoms with Crippen LogP contribution in [0.3, 0.4) is 0 Å². The minimum atomic E-state index is -0.693. The molecule has 1 N–H and O–H groups in total. The molecule has 4 nitrogen and oxygen atoms in total. The molecule has 0 saturated heterocycles. The lowest BCUT2D eigenvalue weighted by Crippen LogP contribution is -2.42. The van der Waals surface area contributed by atoms with E-state index in [9.17, 15) is 9.59 Å². The fourth-order valence-electron chi connectivity index (χ4n) is 2.34. The minimum absolute atomic E-state index is 0.254. The Kier molecular flexibility index (Phi) is 5.92. The average molecular weight is 311 g/mol.